The molecule has 2 fully saturated rings. The predicted octanol–water partition coefficient (Wildman–Crippen LogP) is 4.08. The first-order valence-electron chi connectivity index (χ1n) is 12.8. The van der Waals surface area contributed by atoms with Crippen LogP contribution in [0.1, 0.15) is 36.0 Å². The molecule has 3 unspecified atom stereocenters. The monoisotopic (exact) mass is 643 g/mol. The number of fused-ring (bicyclic) bond motifs is 2. The second-order valence-electron chi connectivity index (χ2n) is 10.4. The first kappa shape index (κ1) is 30.4. The molecule has 0 radical (unpaired) electrons. The van der Waals surface area contributed by atoms with E-state index < -0.39 is 65.9 Å². The quantitative estimate of drug-likeness (QED) is 0.314. The molecule has 224 valence electrons. The van der Waals surface area contributed by atoms with E-state index in [4.69, 9.17) is 11.6 Å². The number of hydrogen-bond donors (Lipinski definition) is 3. The molecule has 42 heavy (non-hydrogen) atoms. The summed E-state index contributed by atoms with van der Waals surface area (Å²) in [5.74, 6) is -6.70. The molecule has 2 saturated carbocycles. The zero-order chi connectivity index (χ0) is 30.4. The van der Waals surface area contributed by atoms with E-state index in [9.17, 15) is 39.9 Å². The Morgan fingerprint density at radius 3 is 2.24 bits per heavy atom. The summed E-state index contributed by atoms with van der Waals surface area (Å²) in [4.78, 5) is 16.3. The molecule has 15 heteroatoms. The SMILES string of the molecule is O=C(Nc1cc(F)c(F)c(F)c1)c1ccc(Cl)c(S(=O)(=O)C2CC3CC[C@@H](C2)C3(O)CNS(=O)(=O)c2ccccn2)c1. The predicted molar refractivity (Wildman–Crippen MR) is 147 cm³/mol. The molecule has 4 atom stereocenters. The van der Waals surface area contributed by atoms with E-state index in [-0.39, 0.29) is 45.6 Å². The topological polar surface area (TPSA) is 143 Å². The number of anilines is 1. The number of nitrogens with zero attached hydrogens (tertiary/aromatic N) is 1. The Hall–Kier alpha value is -3.04. The minimum Gasteiger partial charge on any atom is -0.388 e. The van der Waals surface area contributed by atoms with E-state index in [1.165, 1.54) is 30.5 Å². The van der Waals surface area contributed by atoms with E-state index >= 15 is 0 Å². The van der Waals surface area contributed by atoms with Crippen molar-refractivity contribution in [2.45, 2.75) is 46.5 Å². The molecule has 1 amide bonds. The Bertz CT molecular complexity index is 1720. The van der Waals surface area contributed by atoms with Gasteiger partial charge in [-0.05, 0) is 67.9 Å². The van der Waals surface area contributed by atoms with Crippen LogP contribution in [0.4, 0.5) is 18.9 Å². The highest BCUT2D eigenvalue weighted by Gasteiger charge is 2.56. The summed E-state index contributed by atoms with van der Waals surface area (Å²) < 4.78 is 95.6. The van der Waals surface area contributed by atoms with Gasteiger partial charge < -0.3 is 10.4 Å². The van der Waals surface area contributed by atoms with Crippen molar-refractivity contribution < 1.29 is 39.9 Å². The second kappa shape index (κ2) is 11.2. The highest BCUT2D eigenvalue weighted by molar-refractivity contribution is 7.92. The summed E-state index contributed by atoms with van der Waals surface area (Å²) in [6, 6.07) is 9.04. The van der Waals surface area contributed by atoms with Gasteiger partial charge in [-0.2, -0.15) is 0 Å². The lowest BCUT2D eigenvalue weighted by Crippen LogP contribution is -2.54. The molecule has 0 saturated heterocycles. The van der Waals surface area contributed by atoms with E-state index in [2.05, 4.69) is 15.0 Å². The van der Waals surface area contributed by atoms with Gasteiger partial charge in [-0.25, -0.2) is 39.7 Å². The van der Waals surface area contributed by atoms with Gasteiger partial charge in [-0.15, -0.1) is 0 Å². The number of sulfonamides is 1. The van der Waals surface area contributed by atoms with Gasteiger partial charge >= 0.3 is 0 Å². The molecule has 5 rings (SSSR count). The number of carbonyl (C=O) groups is 1. The van der Waals surface area contributed by atoms with Crippen LogP contribution in [-0.2, 0) is 19.9 Å². The van der Waals surface area contributed by atoms with Gasteiger partial charge in [0.1, 0.15) is 0 Å². The number of halogens is 4. The molecule has 9 nitrogen and oxygen atoms in total. The smallest absolute Gasteiger partial charge is 0.258 e. The Balaban J connectivity index is 1.33. The lowest BCUT2D eigenvalue weighted by Gasteiger charge is -2.42. The lowest BCUT2D eigenvalue weighted by molar-refractivity contribution is -0.0526. The third-order valence-electron chi connectivity index (χ3n) is 8.01. The largest absolute Gasteiger partial charge is 0.388 e. The normalized spacial score (nSPS) is 24.0. The van der Waals surface area contributed by atoms with Crippen LogP contribution < -0.4 is 10.0 Å². The van der Waals surface area contributed by atoms with Crippen molar-refractivity contribution in [2.24, 2.45) is 11.8 Å². The lowest BCUT2D eigenvalue weighted by atomic mass is 9.74. The maximum Gasteiger partial charge on any atom is 0.258 e. The van der Waals surface area contributed by atoms with Gasteiger partial charge in [0, 0.05) is 36.1 Å². The average molecular weight is 644 g/mol. The molecule has 3 aromatic rings. The minimum absolute atomic E-state index is 0.0293. The van der Waals surface area contributed by atoms with Crippen LogP contribution >= 0.6 is 11.6 Å². The fraction of sp³-hybridized carbons (Fsp3) is 0.333. The van der Waals surface area contributed by atoms with E-state index in [0.29, 0.717) is 25.0 Å². The fourth-order valence-electron chi connectivity index (χ4n) is 5.82. The standard InChI is InChI=1S/C27H25ClF3N3O6S2/c28-20-7-4-15(26(35)34-18-12-21(29)25(31)22(30)13-18)9-23(20)41(37,38)19-10-16-5-6-17(11-19)27(16,36)14-33-42(39,40)24-3-1-2-8-32-24/h1-4,7-9,12-13,16-17,19,33,36H,5-6,10-11,14H2,(H,34,35)/t16-,17?,19?,27?/m0/s1. The van der Waals surface area contributed by atoms with Crippen LogP contribution in [0.2, 0.25) is 5.02 Å². The highest BCUT2D eigenvalue weighted by atomic mass is 35.5. The summed E-state index contributed by atoms with van der Waals surface area (Å²) >= 11 is 6.24. The summed E-state index contributed by atoms with van der Waals surface area (Å²) in [5.41, 5.74) is -2.03. The van der Waals surface area contributed by atoms with Gasteiger partial charge in [0.25, 0.3) is 15.9 Å². The van der Waals surface area contributed by atoms with Crippen LogP contribution in [0, 0.1) is 29.3 Å². The number of amides is 1. The Labute approximate surface area is 245 Å². The van der Waals surface area contributed by atoms with Gasteiger partial charge in [0.15, 0.2) is 32.3 Å². The molecule has 2 bridgehead atoms. The molecule has 2 aromatic carbocycles. The van der Waals surface area contributed by atoms with Gasteiger partial charge in [0.2, 0.25) is 0 Å². The zero-order valence-corrected chi connectivity index (χ0v) is 24.1. The number of benzene rings is 2. The molecule has 2 aliphatic carbocycles. The van der Waals surface area contributed by atoms with Gasteiger partial charge in [0.05, 0.1) is 20.8 Å². The van der Waals surface area contributed by atoms with Gasteiger partial charge in [-0.1, -0.05) is 17.7 Å². The molecule has 0 spiro atoms. The third kappa shape index (κ3) is 5.65. The number of pyridine rings is 1. The summed E-state index contributed by atoms with van der Waals surface area (Å²) in [6.45, 7) is -0.311. The minimum atomic E-state index is -4.14. The number of carbonyl (C=O) groups excluding carboxylic acids is 1. The molecular weight excluding hydrogens is 619 g/mol. The van der Waals surface area contributed by atoms with Crippen molar-refractivity contribution in [2.75, 3.05) is 11.9 Å². The number of rotatable bonds is 8. The van der Waals surface area contributed by atoms with Crippen molar-refractivity contribution in [3.05, 3.63) is 82.8 Å². The number of hydrogen-bond acceptors (Lipinski definition) is 7. The van der Waals surface area contributed by atoms with E-state index in [1.54, 1.807) is 6.07 Å². The molecular formula is C27H25ClF3N3O6S2. The van der Waals surface area contributed by atoms with E-state index in [0.717, 1.165) is 6.07 Å². The Morgan fingerprint density at radius 1 is 1.00 bits per heavy atom. The van der Waals surface area contributed by atoms with Crippen molar-refractivity contribution in [1.29, 1.82) is 0 Å². The zero-order valence-electron chi connectivity index (χ0n) is 21.7. The number of aliphatic hydroxyl groups is 1. The maximum atomic E-state index is 13.7. The number of nitrogens with one attached hydrogen (secondary N) is 2. The van der Waals surface area contributed by atoms with Crippen molar-refractivity contribution in [3.63, 3.8) is 0 Å². The van der Waals surface area contributed by atoms with Crippen LogP contribution in [0.15, 0.2) is 64.6 Å². The molecule has 0 aliphatic heterocycles. The van der Waals surface area contributed by atoms with Crippen LogP contribution in [-0.4, -0.2) is 50.2 Å². The molecule has 1 heterocycles. The van der Waals surface area contributed by atoms with Crippen molar-refractivity contribution >= 4 is 43.1 Å². The van der Waals surface area contributed by atoms with Crippen LogP contribution in [0.25, 0.3) is 0 Å². The number of sulfone groups is 1. The highest BCUT2D eigenvalue weighted by Crippen LogP contribution is 2.52. The fourth-order valence-corrected chi connectivity index (χ4v) is 9.24. The third-order valence-corrected chi connectivity index (χ3v) is 12.0. The second-order valence-corrected chi connectivity index (χ2v) is 14.8. The van der Waals surface area contributed by atoms with Crippen LogP contribution in [0.3, 0.4) is 0 Å². The van der Waals surface area contributed by atoms with Crippen LogP contribution in [0.5, 0.6) is 0 Å². The Kier molecular flexibility index (Phi) is 8.13. The van der Waals surface area contributed by atoms with Crippen molar-refractivity contribution in [1.82, 2.24) is 9.71 Å². The molecule has 1 aromatic heterocycles. The molecule has 3 N–H and O–H groups in total. The van der Waals surface area contributed by atoms with Gasteiger partial charge in [-0.3, -0.25) is 4.79 Å². The first-order chi connectivity index (χ1) is 19.7. The number of aromatic nitrogens is 1. The Morgan fingerprint density at radius 2 is 1.64 bits per heavy atom. The summed E-state index contributed by atoms with van der Waals surface area (Å²) in [5, 5.41) is 12.4. The summed E-state index contributed by atoms with van der Waals surface area (Å²) in [6.07, 6.45) is 2.36. The summed E-state index contributed by atoms with van der Waals surface area (Å²) in [7, 11) is -8.15. The van der Waals surface area contributed by atoms with Crippen molar-refractivity contribution in [3.8, 4) is 0 Å². The van der Waals surface area contributed by atoms with E-state index in [1.807, 2.05) is 0 Å². The molecule has 2 aliphatic rings. The first-order valence-corrected chi connectivity index (χ1v) is 16.3. The maximum absolute atomic E-state index is 13.7. The average Bonchev–Trinajstić information content (AvgIpc) is 3.10.